The Labute approximate surface area is 94.4 Å². The van der Waals surface area contributed by atoms with Gasteiger partial charge in [0.25, 0.3) is 0 Å². The molecule has 1 heterocycles. The molecule has 0 spiro atoms. The first kappa shape index (κ1) is 13.2. The van der Waals surface area contributed by atoms with E-state index in [2.05, 4.69) is 13.5 Å². The molecule has 0 saturated carbocycles. The van der Waals surface area contributed by atoms with Crippen LogP contribution in [0.2, 0.25) is 12.6 Å². The predicted octanol–water partition coefficient (Wildman–Crippen LogP) is 2.70. The van der Waals surface area contributed by atoms with Gasteiger partial charge in [-0.1, -0.05) is 0 Å². The van der Waals surface area contributed by atoms with Gasteiger partial charge in [-0.3, -0.25) is 0 Å². The summed E-state index contributed by atoms with van der Waals surface area (Å²) in [5.74, 6) is 0. The number of hydrogen-bond acceptors (Lipinski definition) is 3. The average molecular weight is 232 g/mol. The average Bonchev–Trinajstić information content (AvgIpc) is 2.84. The van der Waals surface area contributed by atoms with Gasteiger partial charge in [-0.05, 0) is 46.2 Å². The topological polar surface area (TPSA) is 31.0 Å². The lowest BCUT2D eigenvalue weighted by molar-refractivity contribution is 0.187. The molecule has 0 N–H and O–H groups in total. The number of hydrogen-bond donors (Lipinski definition) is 0. The van der Waals surface area contributed by atoms with Crippen molar-refractivity contribution in [1.82, 2.24) is 0 Å². The molecule has 0 aromatic heterocycles. The Bertz CT molecular complexity index is 186. The van der Waals surface area contributed by atoms with Crippen LogP contribution in [0.25, 0.3) is 0 Å². The summed E-state index contributed by atoms with van der Waals surface area (Å²) in [6, 6.07) is 1.08. The molecule has 1 aliphatic heterocycles. The lowest BCUT2D eigenvalue weighted by atomic mass is 10.1. The number of ether oxygens (including phenoxy) is 1. The van der Waals surface area contributed by atoms with E-state index < -0.39 is 8.56 Å². The molecular formula is C11H24O3Si. The van der Waals surface area contributed by atoms with Crippen LogP contribution in [0, 0.1) is 0 Å². The van der Waals surface area contributed by atoms with Gasteiger partial charge in [0.15, 0.2) is 0 Å². The predicted molar refractivity (Wildman–Crippen MR) is 63.3 cm³/mol. The fourth-order valence-electron chi connectivity index (χ4n) is 1.85. The van der Waals surface area contributed by atoms with Crippen LogP contribution in [0.15, 0.2) is 0 Å². The molecule has 1 atom stereocenters. The molecule has 0 aromatic carbocycles. The van der Waals surface area contributed by atoms with E-state index in [-0.39, 0.29) is 5.60 Å². The van der Waals surface area contributed by atoms with Crippen molar-refractivity contribution in [2.45, 2.75) is 51.8 Å². The first-order valence-corrected chi connectivity index (χ1v) is 8.48. The molecule has 1 fully saturated rings. The Balaban J connectivity index is 2.23. The van der Waals surface area contributed by atoms with Gasteiger partial charge in [-0.25, -0.2) is 0 Å². The third-order valence-electron chi connectivity index (χ3n) is 2.87. The molecule has 4 heteroatoms. The van der Waals surface area contributed by atoms with Crippen LogP contribution in [0.5, 0.6) is 0 Å². The molecule has 1 aliphatic rings. The maximum Gasteiger partial charge on any atom is 0.334 e. The van der Waals surface area contributed by atoms with Crippen molar-refractivity contribution in [3.63, 3.8) is 0 Å². The van der Waals surface area contributed by atoms with E-state index in [0.29, 0.717) is 0 Å². The molecule has 0 aliphatic carbocycles. The van der Waals surface area contributed by atoms with Gasteiger partial charge in [-0.15, -0.1) is 0 Å². The van der Waals surface area contributed by atoms with Crippen molar-refractivity contribution >= 4 is 8.56 Å². The summed E-state index contributed by atoms with van der Waals surface area (Å²) in [7, 11) is -1.88. The fourth-order valence-corrected chi connectivity index (χ4v) is 4.26. The lowest BCUT2D eigenvalue weighted by Crippen LogP contribution is -2.38. The van der Waals surface area contributed by atoms with E-state index in [0.717, 1.165) is 38.7 Å². The van der Waals surface area contributed by atoms with Crippen LogP contribution in [0.4, 0.5) is 0 Å². The summed E-state index contributed by atoms with van der Waals surface area (Å²) < 4.78 is 16.9. The van der Waals surface area contributed by atoms with Gasteiger partial charge in [0.05, 0.1) is 12.2 Å². The lowest BCUT2D eigenvalue weighted by Gasteiger charge is -2.26. The summed E-state index contributed by atoms with van der Waals surface area (Å²) in [5.41, 5.74) is 0.174. The Morgan fingerprint density at radius 2 is 1.80 bits per heavy atom. The highest BCUT2D eigenvalue weighted by Crippen LogP contribution is 2.33. The Hall–Kier alpha value is 0.0969. The zero-order valence-corrected chi connectivity index (χ0v) is 11.5. The second-order valence-corrected chi connectivity index (χ2v) is 7.94. The zero-order valence-electron chi connectivity index (χ0n) is 10.5. The molecule has 1 saturated heterocycles. The minimum Gasteiger partial charge on any atom is -0.395 e. The highest BCUT2D eigenvalue weighted by atomic mass is 28.4. The number of rotatable bonds is 8. The van der Waals surface area contributed by atoms with Crippen molar-refractivity contribution < 1.29 is 13.6 Å². The normalized spacial score (nSPS) is 25.6. The van der Waals surface area contributed by atoms with Gasteiger partial charge in [-0.2, -0.15) is 0 Å². The summed E-state index contributed by atoms with van der Waals surface area (Å²) in [6.07, 6.45) is 2.29. The fraction of sp³-hybridized carbons (Fsp3) is 1.00. The number of epoxide rings is 1. The maximum atomic E-state index is 5.78. The first-order valence-electron chi connectivity index (χ1n) is 5.95. The van der Waals surface area contributed by atoms with Crippen LogP contribution in [0.3, 0.4) is 0 Å². The SMILES string of the molecule is CCO[Si](C)(CCCC1(C)CO1)OCC. The van der Waals surface area contributed by atoms with Crippen molar-refractivity contribution in [3.05, 3.63) is 0 Å². The molecule has 0 radical (unpaired) electrons. The van der Waals surface area contributed by atoms with Gasteiger partial charge in [0.2, 0.25) is 0 Å². The van der Waals surface area contributed by atoms with Crippen molar-refractivity contribution in [1.29, 1.82) is 0 Å². The molecule has 0 aromatic rings. The van der Waals surface area contributed by atoms with Crippen LogP contribution < -0.4 is 0 Å². The smallest absolute Gasteiger partial charge is 0.334 e. The Morgan fingerprint density at radius 3 is 2.20 bits per heavy atom. The Kier molecular flexibility index (Phi) is 4.77. The molecule has 0 bridgehead atoms. The molecule has 90 valence electrons. The van der Waals surface area contributed by atoms with E-state index in [1.807, 2.05) is 13.8 Å². The van der Waals surface area contributed by atoms with Crippen LogP contribution >= 0.6 is 0 Å². The standard InChI is InChI=1S/C11H24O3Si/c1-5-13-15(4,14-6-2)9-7-8-11(3)10-12-11/h5-10H2,1-4H3. The Morgan fingerprint density at radius 1 is 1.27 bits per heavy atom. The van der Waals surface area contributed by atoms with Gasteiger partial charge >= 0.3 is 8.56 Å². The third kappa shape index (κ3) is 4.63. The quantitative estimate of drug-likeness (QED) is 0.476. The molecular weight excluding hydrogens is 208 g/mol. The maximum absolute atomic E-state index is 5.78. The highest BCUT2D eigenvalue weighted by molar-refractivity contribution is 6.66. The summed E-state index contributed by atoms with van der Waals surface area (Å²) >= 11 is 0. The second kappa shape index (κ2) is 5.43. The van der Waals surface area contributed by atoms with Crippen LogP contribution in [0.1, 0.15) is 33.6 Å². The van der Waals surface area contributed by atoms with E-state index >= 15 is 0 Å². The molecule has 1 unspecified atom stereocenters. The van der Waals surface area contributed by atoms with Gasteiger partial charge in [0.1, 0.15) is 0 Å². The molecule has 0 amide bonds. The van der Waals surface area contributed by atoms with E-state index in [4.69, 9.17) is 13.6 Å². The summed E-state index contributed by atoms with van der Waals surface area (Å²) in [5, 5.41) is 0. The molecule has 3 nitrogen and oxygen atoms in total. The van der Waals surface area contributed by atoms with E-state index in [9.17, 15) is 0 Å². The van der Waals surface area contributed by atoms with Crippen LogP contribution in [-0.2, 0) is 13.6 Å². The van der Waals surface area contributed by atoms with Crippen molar-refractivity contribution in [3.8, 4) is 0 Å². The van der Waals surface area contributed by atoms with Gasteiger partial charge < -0.3 is 13.6 Å². The van der Waals surface area contributed by atoms with Crippen LogP contribution in [-0.4, -0.2) is 34.0 Å². The van der Waals surface area contributed by atoms with Crippen molar-refractivity contribution in [2.75, 3.05) is 19.8 Å². The molecule has 15 heavy (non-hydrogen) atoms. The first-order chi connectivity index (χ1) is 7.04. The summed E-state index contributed by atoms with van der Waals surface area (Å²) in [4.78, 5) is 0. The van der Waals surface area contributed by atoms with Gasteiger partial charge in [0, 0.05) is 13.2 Å². The molecule has 1 rings (SSSR count). The third-order valence-corrected chi connectivity index (χ3v) is 5.93. The zero-order chi connectivity index (χ0) is 11.4. The van der Waals surface area contributed by atoms with E-state index in [1.165, 1.54) is 0 Å². The minimum absolute atomic E-state index is 0.174. The van der Waals surface area contributed by atoms with Crippen molar-refractivity contribution in [2.24, 2.45) is 0 Å². The summed E-state index contributed by atoms with van der Waals surface area (Å²) in [6.45, 7) is 10.9. The largest absolute Gasteiger partial charge is 0.395 e. The monoisotopic (exact) mass is 232 g/mol. The second-order valence-electron chi connectivity index (χ2n) is 4.59. The highest BCUT2D eigenvalue weighted by Gasteiger charge is 2.40. The van der Waals surface area contributed by atoms with E-state index in [1.54, 1.807) is 0 Å². The minimum atomic E-state index is -1.88.